The van der Waals surface area contributed by atoms with Gasteiger partial charge in [0.25, 0.3) is 6.02 Å². The topological polar surface area (TPSA) is 47.6 Å². The molecule has 5 heteroatoms. The van der Waals surface area contributed by atoms with Crippen LogP contribution in [0.15, 0.2) is 23.2 Å². The number of hydrogen-bond donors (Lipinski definition) is 1. The first-order valence-electron chi connectivity index (χ1n) is 4.08. The number of rotatable bonds is 1. The normalized spacial score (nSPS) is 20.4. The van der Waals surface area contributed by atoms with Gasteiger partial charge in [0, 0.05) is 15.6 Å². The van der Waals surface area contributed by atoms with Crippen LogP contribution >= 0.6 is 23.2 Å². The second kappa shape index (κ2) is 3.67. The summed E-state index contributed by atoms with van der Waals surface area (Å²) in [4.78, 5) is 4.09. The molecule has 0 saturated carbocycles. The van der Waals surface area contributed by atoms with Crippen molar-refractivity contribution in [2.45, 2.75) is 6.04 Å². The molecule has 0 fully saturated rings. The highest BCUT2D eigenvalue weighted by Gasteiger charge is 2.21. The van der Waals surface area contributed by atoms with Crippen LogP contribution in [0.1, 0.15) is 11.6 Å². The van der Waals surface area contributed by atoms with E-state index in [-0.39, 0.29) is 12.1 Å². The summed E-state index contributed by atoms with van der Waals surface area (Å²) >= 11 is 11.9. The Hall–Kier alpha value is -0.930. The van der Waals surface area contributed by atoms with Crippen molar-refractivity contribution in [3.05, 3.63) is 33.8 Å². The van der Waals surface area contributed by atoms with E-state index in [0.717, 1.165) is 5.56 Å². The summed E-state index contributed by atoms with van der Waals surface area (Å²) in [6.07, 6.45) is 0. The molecular weight excluding hydrogens is 223 g/mol. The highest BCUT2D eigenvalue weighted by molar-refractivity contribution is 6.33. The number of aliphatic imine (C=N–C) groups is 1. The lowest BCUT2D eigenvalue weighted by Gasteiger charge is -2.07. The van der Waals surface area contributed by atoms with Gasteiger partial charge in [-0.2, -0.15) is 0 Å². The van der Waals surface area contributed by atoms with Gasteiger partial charge in [0.2, 0.25) is 0 Å². The van der Waals surface area contributed by atoms with E-state index < -0.39 is 0 Å². The third-order valence-electron chi connectivity index (χ3n) is 1.99. The monoisotopic (exact) mass is 230 g/mol. The molecule has 0 unspecified atom stereocenters. The van der Waals surface area contributed by atoms with E-state index >= 15 is 0 Å². The van der Waals surface area contributed by atoms with E-state index in [0.29, 0.717) is 16.7 Å². The number of halogens is 2. The molecular formula is C9H8Cl2N2O. The molecule has 3 nitrogen and oxygen atoms in total. The van der Waals surface area contributed by atoms with Crippen LogP contribution in [0.3, 0.4) is 0 Å². The third-order valence-corrected chi connectivity index (χ3v) is 2.57. The number of nitrogens with zero attached hydrogens (tertiary/aromatic N) is 1. The minimum Gasteiger partial charge on any atom is -0.463 e. The van der Waals surface area contributed by atoms with E-state index in [1.165, 1.54) is 0 Å². The van der Waals surface area contributed by atoms with E-state index in [2.05, 4.69) is 4.99 Å². The summed E-state index contributed by atoms with van der Waals surface area (Å²) in [6.45, 7) is 0.423. The largest absolute Gasteiger partial charge is 0.463 e. The first-order chi connectivity index (χ1) is 6.66. The van der Waals surface area contributed by atoms with Crippen molar-refractivity contribution >= 4 is 29.2 Å². The average molecular weight is 231 g/mol. The standard InChI is InChI=1S/C9H8Cl2N2O/c10-5-1-2-7(11)6(3-5)8-4-14-9(12)13-8/h1-3,8H,4H2,(H2,12,13)/t8-/m1/s1. The quantitative estimate of drug-likeness (QED) is 0.806. The van der Waals surface area contributed by atoms with Gasteiger partial charge in [-0.05, 0) is 18.2 Å². The van der Waals surface area contributed by atoms with E-state index in [1.54, 1.807) is 18.2 Å². The van der Waals surface area contributed by atoms with Crippen molar-refractivity contribution in [3.8, 4) is 0 Å². The molecule has 2 rings (SSSR count). The first kappa shape index (κ1) is 9.62. The third kappa shape index (κ3) is 1.79. The lowest BCUT2D eigenvalue weighted by molar-refractivity contribution is 0.315. The summed E-state index contributed by atoms with van der Waals surface area (Å²) in [6, 6.07) is 5.31. The number of amidine groups is 1. The van der Waals surface area contributed by atoms with Gasteiger partial charge >= 0.3 is 0 Å². The van der Waals surface area contributed by atoms with Crippen molar-refractivity contribution in [1.82, 2.24) is 0 Å². The van der Waals surface area contributed by atoms with Crippen molar-refractivity contribution in [2.24, 2.45) is 10.7 Å². The zero-order valence-electron chi connectivity index (χ0n) is 7.21. The molecule has 0 aliphatic carbocycles. The Bertz CT molecular complexity index is 392. The molecule has 74 valence electrons. The molecule has 2 N–H and O–H groups in total. The Labute approximate surface area is 91.5 Å². The maximum atomic E-state index is 6.00. The second-order valence-electron chi connectivity index (χ2n) is 2.96. The van der Waals surface area contributed by atoms with Crippen molar-refractivity contribution in [3.63, 3.8) is 0 Å². The van der Waals surface area contributed by atoms with Crippen LogP contribution in [0.2, 0.25) is 10.0 Å². The lowest BCUT2D eigenvalue weighted by atomic mass is 10.1. The first-order valence-corrected chi connectivity index (χ1v) is 4.83. The van der Waals surface area contributed by atoms with Crippen LogP contribution in [-0.2, 0) is 4.74 Å². The van der Waals surface area contributed by atoms with Crippen LogP contribution in [-0.4, -0.2) is 12.6 Å². The summed E-state index contributed by atoms with van der Waals surface area (Å²) in [5.74, 6) is 0. The van der Waals surface area contributed by atoms with Crippen molar-refractivity contribution < 1.29 is 4.74 Å². The molecule has 0 amide bonds. The summed E-state index contributed by atoms with van der Waals surface area (Å²) in [7, 11) is 0. The molecule has 1 aliphatic heterocycles. The number of ether oxygens (including phenoxy) is 1. The molecule has 14 heavy (non-hydrogen) atoms. The van der Waals surface area contributed by atoms with Gasteiger partial charge in [-0.1, -0.05) is 23.2 Å². The molecule has 1 aromatic carbocycles. The Morgan fingerprint density at radius 1 is 1.43 bits per heavy atom. The minimum atomic E-state index is -0.138. The molecule has 0 spiro atoms. The van der Waals surface area contributed by atoms with Gasteiger partial charge in [-0.25, -0.2) is 4.99 Å². The molecule has 1 heterocycles. The van der Waals surface area contributed by atoms with Crippen molar-refractivity contribution in [2.75, 3.05) is 6.61 Å². The van der Waals surface area contributed by atoms with Gasteiger partial charge in [0.05, 0.1) is 0 Å². The highest BCUT2D eigenvalue weighted by Crippen LogP contribution is 2.30. The molecule has 0 radical (unpaired) electrons. The minimum absolute atomic E-state index is 0.138. The highest BCUT2D eigenvalue weighted by atomic mass is 35.5. The lowest BCUT2D eigenvalue weighted by Crippen LogP contribution is -2.10. The molecule has 1 atom stereocenters. The number of benzene rings is 1. The Balaban J connectivity index is 2.36. The van der Waals surface area contributed by atoms with Gasteiger partial charge < -0.3 is 10.5 Å². The number of nitrogens with two attached hydrogens (primary N) is 1. The summed E-state index contributed by atoms with van der Waals surface area (Å²) in [5, 5.41) is 1.26. The fourth-order valence-electron chi connectivity index (χ4n) is 1.32. The van der Waals surface area contributed by atoms with Gasteiger partial charge in [-0.15, -0.1) is 0 Å². The second-order valence-corrected chi connectivity index (χ2v) is 3.80. The number of hydrogen-bond acceptors (Lipinski definition) is 3. The van der Waals surface area contributed by atoms with Crippen LogP contribution in [0, 0.1) is 0 Å². The fourth-order valence-corrected chi connectivity index (χ4v) is 1.75. The van der Waals surface area contributed by atoms with E-state index in [1.807, 2.05) is 0 Å². The van der Waals surface area contributed by atoms with Gasteiger partial charge in [0.1, 0.15) is 12.6 Å². The predicted molar refractivity (Wildman–Crippen MR) is 56.8 cm³/mol. The maximum absolute atomic E-state index is 6.00. The van der Waals surface area contributed by atoms with Gasteiger partial charge in [-0.3, -0.25) is 0 Å². The SMILES string of the molecule is NC1=N[C@@H](c2cc(Cl)ccc2Cl)CO1. The van der Waals surface area contributed by atoms with E-state index in [9.17, 15) is 0 Å². The maximum Gasteiger partial charge on any atom is 0.282 e. The smallest absolute Gasteiger partial charge is 0.282 e. The molecule has 0 aromatic heterocycles. The van der Waals surface area contributed by atoms with Crippen LogP contribution in [0.4, 0.5) is 0 Å². The zero-order valence-corrected chi connectivity index (χ0v) is 8.72. The van der Waals surface area contributed by atoms with Crippen LogP contribution < -0.4 is 5.73 Å². The summed E-state index contributed by atoms with van der Waals surface area (Å²) < 4.78 is 5.04. The molecule has 0 bridgehead atoms. The predicted octanol–water partition coefficient (Wildman–Crippen LogP) is 2.38. The Morgan fingerprint density at radius 2 is 2.21 bits per heavy atom. The van der Waals surface area contributed by atoms with E-state index in [4.69, 9.17) is 33.7 Å². The fraction of sp³-hybridized carbons (Fsp3) is 0.222. The Morgan fingerprint density at radius 3 is 2.86 bits per heavy atom. The average Bonchev–Trinajstić information content (AvgIpc) is 2.56. The van der Waals surface area contributed by atoms with Crippen LogP contribution in [0.25, 0.3) is 0 Å². The zero-order chi connectivity index (χ0) is 10.1. The van der Waals surface area contributed by atoms with Gasteiger partial charge in [0.15, 0.2) is 0 Å². The summed E-state index contributed by atoms with van der Waals surface area (Å²) in [5.41, 5.74) is 6.25. The molecule has 0 saturated heterocycles. The van der Waals surface area contributed by atoms with Crippen LogP contribution in [0.5, 0.6) is 0 Å². The van der Waals surface area contributed by atoms with Crippen molar-refractivity contribution in [1.29, 1.82) is 0 Å². The Kier molecular flexibility index (Phi) is 2.52. The molecule has 1 aliphatic rings. The molecule has 1 aromatic rings.